The van der Waals surface area contributed by atoms with Crippen LogP contribution < -0.4 is 0 Å². The molecule has 2 N–H and O–H groups in total. The molecule has 1 aliphatic heterocycles. The third-order valence-electron chi connectivity index (χ3n) is 2.18. The molecule has 0 spiro atoms. The van der Waals surface area contributed by atoms with Gasteiger partial charge in [0.25, 0.3) is 0 Å². The minimum Gasteiger partial charge on any atom is -0.394 e. The topological polar surface area (TPSA) is 108 Å². The summed E-state index contributed by atoms with van der Waals surface area (Å²) in [6.07, 6.45) is -2.00. The molecule has 0 radical (unpaired) electrons. The summed E-state index contributed by atoms with van der Waals surface area (Å²) in [6, 6.07) is -0.615. The summed E-state index contributed by atoms with van der Waals surface area (Å²) in [7, 11) is 1.45. The highest BCUT2D eigenvalue weighted by molar-refractivity contribution is 4.87. The number of aliphatic hydroxyl groups is 2. The molecule has 1 fully saturated rings. The summed E-state index contributed by atoms with van der Waals surface area (Å²) in [6.45, 7) is -0.335. The number of rotatable bonds is 3. The lowest BCUT2D eigenvalue weighted by Crippen LogP contribution is -2.49. The van der Waals surface area contributed by atoms with Crippen LogP contribution in [0, 0.1) is 0 Å². The molecule has 0 aromatic heterocycles. The molecule has 0 aliphatic carbocycles. The van der Waals surface area contributed by atoms with Crippen molar-refractivity contribution in [3.8, 4) is 0 Å². The van der Waals surface area contributed by atoms with E-state index >= 15 is 0 Å². The second-order valence-corrected chi connectivity index (χ2v) is 3.02. The SMILES string of the molecule is COC1CC(N=[N+]=[N-])[C@H](O)[C@@H](CO)O1. The number of hydrogen-bond acceptors (Lipinski definition) is 5. The Labute approximate surface area is 80.9 Å². The molecule has 14 heavy (non-hydrogen) atoms. The molecule has 7 nitrogen and oxygen atoms in total. The van der Waals surface area contributed by atoms with Crippen molar-refractivity contribution < 1.29 is 19.7 Å². The lowest BCUT2D eigenvalue weighted by Gasteiger charge is -2.35. The van der Waals surface area contributed by atoms with Gasteiger partial charge < -0.3 is 19.7 Å². The first kappa shape index (κ1) is 11.2. The van der Waals surface area contributed by atoms with Crippen molar-refractivity contribution in [2.24, 2.45) is 5.11 Å². The van der Waals surface area contributed by atoms with E-state index in [-0.39, 0.29) is 13.0 Å². The first-order chi connectivity index (χ1) is 6.72. The summed E-state index contributed by atoms with van der Waals surface area (Å²) in [4.78, 5) is 2.62. The minimum absolute atomic E-state index is 0.290. The largest absolute Gasteiger partial charge is 0.394 e. The van der Waals surface area contributed by atoms with E-state index in [4.69, 9.17) is 20.1 Å². The third-order valence-corrected chi connectivity index (χ3v) is 2.18. The molecule has 1 saturated heterocycles. The van der Waals surface area contributed by atoms with E-state index in [2.05, 4.69) is 10.0 Å². The maximum absolute atomic E-state index is 9.57. The molecule has 7 heteroatoms. The van der Waals surface area contributed by atoms with Crippen molar-refractivity contribution in [1.82, 2.24) is 0 Å². The summed E-state index contributed by atoms with van der Waals surface area (Å²) in [5, 5.41) is 21.9. The summed E-state index contributed by atoms with van der Waals surface area (Å²) >= 11 is 0. The highest BCUT2D eigenvalue weighted by atomic mass is 16.7. The van der Waals surface area contributed by atoms with Gasteiger partial charge in [-0.05, 0) is 5.53 Å². The van der Waals surface area contributed by atoms with Crippen molar-refractivity contribution in [1.29, 1.82) is 0 Å². The molecule has 1 heterocycles. The Bertz CT molecular complexity index is 231. The molecule has 0 aromatic carbocycles. The number of nitrogens with zero attached hydrogens (tertiary/aromatic N) is 3. The van der Waals surface area contributed by atoms with Crippen LogP contribution in [0.4, 0.5) is 0 Å². The summed E-state index contributed by atoms with van der Waals surface area (Å²) < 4.78 is 10.1. The van der Waals surface area contributed by atoms with Crippen LogP contribution in [0.25, 0.3) is 10.4 Å². The minimum atomic E-state index is -0.984. The van der Waals surface area contributed by atoms with Gasteiger partial charge in [0, 0.05) is 18.4 Å². The normalized spacial score (nSPS) is 37.6. The van der Waals surface area contributed by atoms with Gasteiger partial charge in [0.05, 0.1) is 18.8 Å². The van der Waals surface area contributed by atoms with Crippen molar-refractivity contribution >= 4 is 0 Å². The van der Waals surface area contributed by atoms with E-state index in [9.17, 15) is 5.11 Å². The van der Waals surface area contributed by atoms with Crippen LogP contribution in [0.15, 0.2) is 5.11 Å². The van der Waals surface area contributed by atoms with E-state index in [0.29, 0.717) is 0 Å². The van der Waals surface area contributed by atoms with E-state index in [1.54, 1.807) is 0 Å². The third kappa shape index (κ3) is 2.34. The second kappa shape index (κ2) is 5.14. The van der Waals surface area contributed by atoms with Gasteiger partial charge >= 0.3 is 0 Å². The molecular formula is C7H13N3O4. The quantitative estimate of drug-likeness (QED) is 0.375. The smallest absolute Gasteiger partial charge is 0.158 e. The molecule has 1 aliphatic rings. The van der Waals surface area contributed by atoms with Crippen LogP contribution in [-0.4, -0.2) is 48.5 Å². The maximum atomic E-state index is 9.57. The monoisotopic (exact) mass is 203 g/mol. The Morgan fingerprint density at radius 2 is 2.43 bits per heavy atom. The Balaban J connectivity index is 2.69. The van der Waals surface area contributed by atoms with Crippen LogP contribution in [0.5, 0.6) is 0 Å². The average molecular weight is 203 g/mol. The van der Waals surface area contributed by atoms with Gasteiger partial charge in [0.15, 0.2) is 6.29 Å². The van der Waals surface area contributed by atoms with Gasteiger partial charge in [-0.2, -0.15) is 0 Å². The van der Waals surface area contributed by atoms with Crippen LogP contribution in [0.1, 0.15) is 6.42 Å². The van der Waals surface area contributed by atoms with Crippen molar-refractivity contribution in [3.05, 3.63) is 10.4 Å². The molecule has 1 rings (SSSR count). The van der Waals surface area contributed by atoms with Gasteiger partial charge in [-0.25, -0.2) is 0 Å². The van der Waals surface area contributed by atoms with Crippen LogP contribution in [-0.2, 0) is 9.47 Å². The number of hydrogen-bond donors (Lipinski definition) is 2. The average Bonchev–Trinajstić information content (AvgIpc) is 2.21. The Hall–Kier alpha value is -0.850. The predicted molar refractivity (Wildman–Crippen MR) is 46.3 cm³/mol. The number of ether oxygens (including phenoxy) is 2. The molecule has 0 aromatic rings. The molecule has 4 atom stereocenters. The molecule has 0 amide bonds. The molecule has 0 bridgehead atoms. The van der Waals surface area contributed by atoms with Gasteiger partial charge in [-0.1, -0.05) is 5.11 Å². The van der Waals surface area contributed by atoms with Gasteiger partial charge in [-0.3, -0.25) is 0 Å². The van der Waals surface area contributed by atoms with E-state index in [1.807, 2.05) is 0 Å². The molecule has 0 saturated carbocycles. The van der Waals surface area contributed by atoms with Crippen molar-refractivity contribution in [2.75, 3.05) is 13.7 Å². The van der Waals surface area contributed by atoms with Crippen LogP contribution in [0.3, 0.4) is 0 Å². The first-order valence-electron chi connectivity index (χ1n) is 4.24. The van der Waals surface area contributed by atoms with E-state index in [1.165, 1.54) is 7.11 Å². The Kier molecular flexibility index (Phi) is 4.12. The number of azide groups is 1. The molecular weight excluding hydrogens is 190 g/mol. The lowest BCUT2D eigenvalue weighted by atomic mass is 10.00. The molecule has 80 valence electrons. The Morgan fingerprint density at radius 1 is 1.71 bits per heavy atom. The summed E-state index contributed by atoms with van der Waals surface area (Å²) in [5.74, 6) is 0. The second-order valence-electron chi connectivity index (χ2n) is 3.02. The van der Waals surface area contributed by atoms with Crippen LogP contribution >= 0.6 is 0 Å². The fourth-order valence-corrected chi connectivity index (χ4v) is 1.40. The highest BCUT2D eigenvalue weighted by Crippen LogP contribution is 2.23. The Morgan fingerprint density at radius 3 is 2.93 bits per heavy atom. The molecule has 2 unspecified atom stereocenters. The van der Waals surface area contributed by atoms with E-state index in [0.717, 1.165) is 0 Å². The van der Waals surface area contributed by atoms with Crippen LogP contribution in [0.2, 0.25) is 0 Å². The maximum Gasteiger partial charge on any atom is 0.158 e. The van der Waals surface area contributed by atoms with Gasteiger partial charge in [-0.15, -0.1) is 0 Å². The predicted octanol–water partition coefficient (Wildman–Crippen LogP) is -0.220. The van der Waals surface area contributed by atoms with Gasteiger partial charge in [0.2, 0.25) is 0 Å². The zero-order chi connectivity index (χ0) is 10.6. The fourth-order valence-electron chi connectivity index (χ4n) is 1.40. The first-order valence-corrected chi connectivity index (χ1v) is 4.24. The van der Waals surface area contributed by atoms with Crippen molar-refractivity contribution in [3.63, 3.8) is 0 Å². The van der Waals surface area contributed by atoms with Crippen molar-refractivity contribution in [2.45, 2.75) is 31.0 Å². The number of aliphatic hydroxyl groups excluding tert-OH is 2. The number of methoxy groups -OCH3 is 1. The highest BCUT2D eigenvalue weighted by Gasteiger charge is 2.36. The zero-order valence-corrected chi connectivity index (χ0v) is 7.78. The fraction of sp³-hybridized carbons (Fsp3) is 1.00. The lowest BCUT2D eigenvalue weighted by molar-refractivity contribution is -0.224. The standard InChI is InChI=1S/C7H13N3O4/c1-13-6-2-4(9-10-8)7(12)5(3-11)14-6/h4-7,11-12H,2-3H2,1H3/t4?,5-,6?,7+/m1/s1. The zero-order valence-electron chi connectivity index (χ0n) is 7.78. The summed E-state index contributed by atoms with van der Waals surface area (Å²) in [5.41, 5.74) is 8.26. The van der Waals surface area contributed by atoms with Gasteiger partial charge in [0.1, 0.15) is 6.10 Å². The van der Waals surface area contributed by atoms with E-state index < -0.39 is 24.5 Å².